The lowest BCUT2D eigenvalue weighted by Gasteiger charge is -2.29. The van der Waals surface area contributed by atoms with E-state index in [9.17, 15) is 9.90 Å². The second-order valence-electron chi connectivity index (χ2n) is 4.44. The van der Waals surface area contributed by atoms with Crippen LogP contribution in [0.2, 0.25) is 0 Å². The first-order chi connectivity index (χ1) is 9.02. The van der Waals surface area contributed by atoms with Crippen molar-refractivity contribution in [2.45, 2.75) is 30.8 Å². The fraction of sp³-hybridized carbons (Fsp3) is 0.500. The Hall–Kier alpha value is -1.88. The van der Waals surface area contributed by atoms with Crippen molar-refractivity contribution in [2.24, 2.45) is 0 Å². The number of aliphatic hydroxyl groups is 2. The van der Waals surface area contributed by atoms with Gasteiger partial charge in [0, 0.05) is 12.6 Å². The summed E-state index contributed by atoms with van der Waals surface area (Å²) >= 11 is 0. The topological polar surface area (TPSA) is 111 Å². The molecule has 0 bridgehead atoms. The predicted octanol–water partition coefficient (Wildman–Crippen LogP) is -1.36. The monoisotopic (exact) mass is 265 g/mol. The van der Waals surface area contributed by atoms with E-state index in [1.54, 1.807) is 0 Å². The maximum Gasteiger partial charge on any atom is 0.351 e. The molecule has 0 saturated carbocycles. The number of nitrogens with zero attached hydrogens (tertiary/aromatic N) is 2. The summed E-state index contributed by atoms with van der Waals surface area (Å²) in [6.45, 7) is -0.357. The van der Waals surface area contributed by atoms with Gasteiger partial charge in [-0.3, -0.25) is 4.57 Å². The van der Waals surface area contributed by atoms with Crippen LogP contribution in [0.1, 0.15) is 12.8 Å². The number of aromatic nitrogens is 2. The third kappa shape index (κ3) is 2.33. The van der Waals surface area contributed by atoms with Crippen LogP contribution in [0.15, 0.2) is 17.1 Å². The summed E-state index contributed by atoms with van der Waals surface area (Å²) in [5.74, 6) is 2.51. The molecule has 19 heavy (non-hydrogen) atoms. The lowest BCUT2D eigenvalue weighted by molar-refractivity contribution is -0.116. The summed E-state index contributed by atoms with van der Waals surface area (Å²) in [6.07, 6.45) is 5.23. The molecule has 1 aromatic heterocycles. The zero-order chi connectivity index (χ0) is 14.0. The van der Waals surface area contributed by atoms with Crippen molar-refractivity contribution in [3.8, 4) is 12.3 Å². The van der Waals surface area contributed by atoms with Gasteiger partial charge in [-0.15, -0.1) is 12.3 Å². The fourth-order valence-corrected chi connectivity index (χ4v) is 2.27. The third-order valence-electron chi connectivity index (χ3n) is 3.15. The third-order valence-corrected chi connectivity index (χ3v) is 3.15. The number of hydrogen-bond donors (Lipinski definition) is 3. The van der Waals surface area contributed by atoms with Gasteiger partial charge in [0.1, 0.15) is 11.9 Å². The molecule has 0 spiro atoms. The van der Waals surface area contributed by atoms with Crippen molar-refractivity contribution in [3.63, 3.8) is 0 Å². The molecule has 0 radical (unpaired) electrons. The van der Waals surface area contributed by atoms with Gasteiger partial charge < -0.3 is 20.7 Å². The van der Waals surface area contributed by atoms with E-state index in [1.165, 1.54) is 16.8 Å². The van der Waals surface area contributed by atoms with E-state index in [1.807, 2.05) is 0 Å². The van der Waals surface area contributed by atoms with Crippen molar-refractivity contribution in [3.05, 3.63) is 22.7 Å². The first kappa shape index (κ1) is 13.5. The zero-order valence-electron chi connectivity index (χ0n) is 10.2. The quantitative estimate of drug-likeness (QED) is 0.582. The van der Waals surface area contributed by atoms with E-state index >= 15 is 0 Å². The lowest BCUT2D eigenvalue weighted by Crippen LogP contribution is -2.42. The Morgan fingerprint density at radius 2 is 2.47 bits per heavy atom. The molecule has 0 amide bonds. The molecule has 7 nitrogen and oxygen atoms in total. The first-order valence-corrected chi connectivity index (χ1v) is 5.78. The molecule has 1 saturated heterocycles. The van der Waals surface area contributed by atoms with Crippen molar-refractivity contribution in [1.82, 2.24) is 9.55 Å². The van der Waals surface area contributed by atoms with Crippen LogP contribution in [-0.2, 0) is 10.5 Å². The molecule has 1 aromatic rings. The Morgan fingerprint density at radius 1 is 1.74 bits per heavy atom. The van der Waals surface area contributed by atoms with Crippen LogP contribution in [-0.4, -0.2) is 38.6 Å². The van der Waals surface area contributed by atoms with Crippen LogP contribution >= 0.6 is 0 Å². The Labute approximate surface area is 109 Å². The maximum atomic E-state index is 11.9. The minimum Gasteiger partial charge on any atom is -0.394 e. The summed E-state index contributed by atoms with van der Waals surface area (Å²) in [7, 11) is 0. The summed E-state index contributed by atoms with van der Waals surface area (Å²) in [4.78, 5) is 15.5. The first-order valence-electron chi connectivity index (χ1n) is 5.78. The number of nitrogen functional groups attached to an aromatic ring is 1. The number of hydrogen-bond acceptors (Lipinski definition) is 6. The predicted molar refractivity (Wildman–Crippen MR) is 66.9 cm³/mol. The zero-order valence-corrected chi connectivity index (χ0v) is 10.2. The van der Waals surface area contributed by atoms with Crippen LogP contribution in [0.25, 0.3) is 0 Å². The molecule has 2 heterocycles. The second-order valence-corrected chi connectivity index (χ2v) is 4.44. The van der Waals surface area contributed by atoms with Gasteiger partial charge in [0.05, 0.1) is 19.1 Å². The van der Waals surface area contributed by atoms with Crippen molar-refractivity contribution in [1.29, 1.82) is 0 Å². The Morgan fingerprint density at radius 3 is 3.00 bits per heavy atom. The molecule has 0 aromatic carbocycles. The fourth-order valence-electron chi connectivity index (χ4n) is 2.27. The molecule has 102 valence electrons. The van der Waals surface area contributed by atoms with E-state index in [4.69, 9.17) is 22.0 Å². The number of terminal acetylenes is 1. The second kappa shape index (κ2) is 5.01. The summed E-state index contributed by atoms with van der Waals surface area (Å²) in [5, 5.41) is 19.0. The van der Waals surface area contributed by atoms with Gasteiger partial charge >= 0.3 is 5.69 Å². The lowest BCUT2D eigenvalue weighted by atomic mass is 10.0. The smallest absolute Gasteiger partial charge is 0.351 e. The highest BCUT2D eigenvalue weighted by Crippen LogP contribution is 2.36. The van der Waals surface area contributed by atoms with Gasteiger partial charge in [-0.25, -0.2) is 4.79 Å². The highest BCUT2D eigenvalue weighted by molar-refractivity contribution is 5.24. The molecule has 0 unspecified atom stereocenters. The van der Waals surface area contributed by atoms with Crippen molar-refractivity contribution < 1.29 is 14.9 Å². The highest BCUT2D eigenvalue weighted by Gasteiger charge is 2.47. The minimum absolute atomic E-state index is 0.0755. The van der Waals surface area contributed by atoms with Crippen LogP contribution in [0, 0.1) is 12.3 Å². The number of ether oxygens (including phenoxy) is 1. The van der Waals surface area contributed by atoms with Gasteiger partial charge in [0.2, 0.25) is 0 Å². The van der Waals surface area contributed by atoms with Gasteiger partial charge in [-0.1, -0.05) is 0 Å². The van der Waals surface area contributed by atoms with E-state index in [0.717, 1.165) is 0 Å². The van der Waals surface area contributed by atoms with E-state index in [0.29, 0.717) is 0 Å². The van der Waals surface area contributed by atoms with E-state index < -0.39 is 23.6 Å². The molecule has 1 fully saturated rings. The average molecular weight is 265 g/mol. The van der Waals surface area contributed by atoms with Gasteiger partial charge in [0.15, 0.2) is 5.72 Å². The molecule has 7 heteroatoms. The molecule has 1 aliphatic rings. The Balaban J connectivity index is 2.47. The van der Waals surface area contributed by atoms with Crippen LogP contribution < -0.4 is 11.4 Å². The standard InChI is InChI=1S/C12H15N3O4/c1-2-4-12(6-8(17)9(7-16)19-12)15-5-3-10(13)14-11(15)18/h1,3,5,8-9,16-17H,4,6-7H2,(H2,13,14,18)/t8-,9+,12+/m0/s1. The summed E-state index contributed by atoms with van der Waals surface area (Å²) < 4.78 is 6.81. The average Bonchev–Trinajstić information content (AvgIpc) is 2.66. The number of rotatable bonds is 3. The van der Waals surface area contributed by atoms with Crippen LogP contribution in [0.4, 0.5) is 5.82 Å². The molecule has 2 rings (SSSR count). The maximum absolute atomic E-state index is 11.9. The normalized spacial score (nSPS) is 30.2. The molecule has 4 N–H and O–H groups in total. The number of anilines is 1. The minimum atomic E-state index is -1.20. The summed E-state index contributed by atoms with van der Waals surface area (Å²) in [5.41, 5.74) is 3.62. The van der Waals surface area contributed by atoms with Crippen LogP contribution in [0.5, 0.6) is 0 Å². The number of nitrogens with two attached hydrogens (primary N) is 1. The van der Waals surface area contributed by atoms with Gasteiger partial charge in [-0.05, 0) is 6.07 Å². The van der Waals surface area contributed by atoms with Gasteiger partial charge in [-0.2, -0.15) is 4.98 Å². The molecule has 3 atom stereocenters. The molecule has 1 aliphatic heterocycles. The van der Waals surface area contributed by atoms with E-state index in [2.05, 4.69) is 10.9 Å². The largest absolute Gasteiger partial charge is 0.394 e. The molecule has 0 aliphatic carbocycles. The van der Waals surface area contributed by atoms with Gasteiger partial charge in [0.25, 0.3) is 0 Å². The Bertz CT molecular complexity index is 565. The van der Waals surface area contributed by atoms with Crippen molar-refractivity contribution >= 4 is 5.82 Å². The SMILES string of the molecule is C#CC[C@]1(n2ccc(N)nc2=O)C[C@H](O)[C@@H](CO)O1. The van der Waals surface area contributed by atoms with Crippen molar-refractivity contribution in [2.75, 3.05) is 12.3 Å². The Kier molecular flexibility index (Phi) is 3.57. The highest BCUT2D eigenvalue weighted by atomic mass is 16.6. The van der Waals surface area contributed by atoms with Crippen LogP contribution in [0.3, 0.4) is 0 Å². The molecular weight excluding hydrogens is 250 g/mol. The number of aliphatic hydroxyl groups excluding tert-OH is 2. The molecular formula is C12H15N3O4. The summed E-state index contributed by atoms with van der Waals surface area (Å²) in [6, 6.07) is 1.45. The van der Waals surface area contributed by atoms with E-state index in [-0.39, 0.29) is 25.3 Å².